The Bertz CT molecular complexity index is 1290. The Morgan fingerprint density at radius 1 is 1.16 bits per heavy atom. The van der Waals surface area contributed by atoms with Crippen LogP contribution < -0.4 is 5.32 Å². The van der Waals surface area contributed by atoms with Crippen LogP contribution in [0.15, 0.2) is 76.9 Å². The number of carbonyl (C=O) groups excluding carboxylic acids is 1. The summed E-state index contributed by atoms with van der Waals surface area (Å²) in [6.45, 7) is 2.88. The van der Waals surface area contributed by atoms with Crippen LogP contribution in [0, 0.1) is 18.3 Å². The third-order valence-corrected chi connectivity index (χ3v) is 5.44. The molecule has 2 aromatic heterocycles. The number of benzene rings is 2. The van der Waals surface area contributed by atoms with Crippen molar-refractivity contribution in [3.05, 3.63) is 100 Å². The number of furan rings is 1. The zero-order valence-corrected chi connectivity index (χ0v) is 17.7. The molecule has 4 aromatic rings. The molecule has 0 spiro atoms. The Labute approximate surface area is 185 Å². The van der Waals surface area contributed by atoms with Gasteiger partial charge >= 0.3 is 0 Å². The second-order valence-corrected chi connectivity index (χ2v) is 7.60. The number of nitriles is 1. The average molecular weight is 430 g/mol. The minimum Gasteiger partial charge on any atom is -0.467 e. The van der Waals surface area contributed by atoms with Gasteiger partial charge in [-0.2, -0.15) is 5.26 Å². The number of halogens is 1. The number of hydrogen-bond acceptors (Lipinski definition) is 3. The molecule has 0 bridgehead atoms. The van der Waals surface area contributed by atoms with E-state index in [4.69, 9.17) is 16.0 Å². The van der Waals surface area contributed by atoms with Gasteiger partial charge in [0, 0.05) is 33.7 Å². The second kappa shape index (κ2) is 8.95. The standard InChI is InChI=1S/C25H20ClN3O2/c1-17-23(13-19(14-27)25(30)28-15-21-5-4-12-31-21)22-6-2-3-7-24(22)29(17)16-18-8-10-20(26)11-9-18/h2-13H,15-16H2,1H3,(H,28,30)/b19-13-. The molecule has 2 heterocycles. The van der Waals surface area contributed by atoms with Gasteiger partial charge in [0.15, 0.2) is 0 Å². The minimum absolute atomic E-state index is 0.0454. The minimum atomic E-state index is -0.437. The molecular formula is C25H20ClN3O2. The summed E-state index contributed by atoms with van der Waals surface area (Å²) in [5, 5.41) is 14.0. The lowest BCUT2D eigenvalue weighted by molar-refractivity contribution is -0.117. The van der Waals surface area contributed by atoms with Crippen molar-refractivity contribution in [1.82, 2.24) is 9.88 Å². The van der Waals surface area contributed by atoms with Gasteiger partial charge in [0.1, 0.15) is 17.4 Å². The number of rotatable bonds is 6. The summed E-state index contributed by atoms with van der Waals surface area (Å²) in [7, 11) is 0. The molecule has 2 aromatic carbocycles. The van der Waals surface area contributed by atoms with Crippen molar-refractivity contribution in [3.8, 4) is 6.07 Å². The number of fused-ring (bicyclic) bond motifs is 1. The van der Waals surface area contributed by atoms with E-state index < -0.39 is 5.91 Å². The predicted octanol–water partition coefficient (Wildman–Crippen LogP) is 5.47. The lowest BCUT2D eigenvalue weighted by Crippen LogP contribution is -2.23. The predicted molar refractivity (Wildman–Crippen MR) is 121 cm³/mol. The van der Waals surface area contributed by atoms with Gasteiger partial charge in [0.05, 0.1) is 12.8 Å². The van der Waals surface area contributed by atoms with Crippen molar-refractivity contribution in [1.29, 1.82) is 5.26 Å². The zero-order chi connectivity index (χ0) is 21.8. The first-order valence-corrected chi connectivity index (χ1v) is 10.2. The van der Waals surface area contributed by atoms with E-state index in [0.29, 0.717) is 17.3 Å². The number of amides is 1. The van der Waals surface area contributed by atoms with E-state index >= 15 is 0 Å². The number of para-hydroxylation sites is 1. The van der Waals surface area contributed by atoms with Crippen LogP contribution in [-0.2, 0) is 17.9 Å². The van der Waals surface area contributed by atoms with Crippen molar-refractivity contribution in [2.45, 2.75) is 20.0 Å². The highest BCUT2D eigenvalue weighted by atomic mass is 35.5. The van der Waals surface area contributed by atoms with Gasteiger partial charge in [-0.3, -0.25) is 4.79 Å². The molecule has 0 aliphatic rings. The molecule has 0 aliphatic heterocycles. The Morgan fingerprint density at radius 2 is 1.94 bits per heavy atom. The molecule has 6 heteroatoms. The van der Waals surface area contributed by atoms with Crippen molar-refractivity contribution < 1.29 is 9.21 Å². The molecule has 0 saturated heterocycles. The van der Waals surface area contributed by atoms with Gasteiger partial charge in [-0.25, -0.2) is 0 Å². The summed E-state index contributed by atoms with van der Waals surface area (Å²) in [4.78, 5) is 12.6. The lowest BCUT2D eigenvalue weighted by atomic mass is 10.1. The molecule has 31 heavy (non-hydrogen) atoms. The molecular weight excluding hydrogens is 410 g/mol. The number of nitrogens with one attached hydrogen (secondary N) is 1. The monoisotopic (exact) mass is 429 g/mol. The highest BCUT2D eigenvalue weighted by Crippen LogP contribution is 2.29. The van der Waals surface area contributed by atoms with Crippen LogP contribution in [0.25, 0.3) is 17.0 Å². The van der Waals surface area contributed by atoms with Crippen molar-refractivity contribution in [2.24, 2.45) is 0 Å². The van der Waals surface area contributed by atoms with Gasteiger partial charge in [-0.1, -0.05) is 41.9 Å². The highest BCUT2D eigenvalue weighted by molar-refractivity contribution is 6.30. The van der Waals surface area contributed by atoms with Crippen LogP contribution in [0.4, 0.5) is 0 Å². The zero-order valence-electron chi connectivity index (χ0n) is 16.9. The van der Waals surface area contributed by atoms with Crippen LogP contribution in [0.2, 0.25) is 5.02 Å². The fourth-order valence-corrected chi connectivity index (χ4v) is 3.71. The van der Waals surface area contributed by atoms with E-state index in [1.807, 2.05) is 61.5 Å². The fraction of sp³-hybridized carbons (Fsp3) is 0.120. The van der Waals surface area contributed by atoms with Gasteiger partial charge < -0.3 is 14.3 Å². The number of aromatic nitrogens is 1. The summed E-state index contributed by atoms with van der Waals surface area (Å²) >= 11 is 6.02. The Hall–Kier alpha value is -3.75. The maximum Gasteiger partial charge on any atom is 0.262 e. The van der Waals surface area contributed by atoms with Gasteiger partial charge in [0.25, 0.3) is 5.91 Å². The normalized spacial score (nSPS) is 11.5. The molecule has 0 unspecified atom stereocenters. The van der Waals surface area contributed by atoms with Crippen molar-refractivity contribution in [3.63, 3.8) is 0 Å². The third kappa shape index (κ3) is 4.40. The average Bonchev–Trinajstić information content (AvgIpc) is 3.39. The molecule has 1 N–H and O–H groups in total. The third-order valence-electron chi connectivity index (χ3n) is 5.19. The first-order chi connectivity index (χ1) is 15.1. The van der Waals surface area contributed by atoms with E-state index in [1.165, 1.54) is 0 Å². The summed E-state index contributed by atoms with van der Waals surface area (Å²) in [5.41, 5.74) is 4.02. The van der Waals surface area contributed by atoms with Crippen LogP contribution in [0.1, 0.15) is 22.6 Å². The molecule has 5 nitrogen and oxygen atoms in total. The Kier molecular flexibility index (Phi) is 5.92. The molecule has 0 saturated carbocycles. The SMILES string of the molecule is Cc1c(/C=C(/C#N)C(=O)NCc2ccco2)c2ccccc2n1Cc1ccc(Cl)cc1. The van der Waals surface area contributed by atoms with Crippen LogP contribution in [0.5, 0.6) is 0 Å². The van der Waals surface area contributed by atoms with Crippen molar-refractivity contribution in [2.75, 3.05) is 0 Å². The smallest absolute Gasteiger partial charge is 0.262 e. The van der Waals surface area contributed by atoms with Gasteiger partial charge in [-0.05, 0) is 48.9 Å². The summed E-state index contributed by atoms with van der Waals surface area (Å²) in [5.74, 6) is 0.189. The second-order valence-electron chi connectivity index (χ2n) is 7.16. The van der Waals surface area contributed by atoms with E-state index in [0.717, 1.165) is 27.7 Å². The summed E-state index contributed by atoms with van der Waals surface area (Å²) in [6, 6.07) is 21.3. The maximum absolute atomic E-state index is 12.6. The van der Waals surface area contributed by atoms with E-state index in [-0.39, 0.29) is 12.1 Å². The first kappa shape index (κ1) is 20.5. The van der Waals surface area contributed by atoms with Crippen molar-refractivity contribution >= 4 is 34.5 Å². The molecule has 1 amide bonds. The Balaban J connectivity index is 1.69. The fourth-order valence-electron chi connectivity index (χ4n) is 3.58. The molecule has 0 fully saturated rings. The molecule has 0 atom stereocenters. The number of nitrogens with zero attached hydrogens (tertiary/aromatic N) is 2. The molecule has 0 aliphatic carbocycles. The molecule has 0 radical (unpaired) electrons. The van der Waals surface area contributed by atoms with Gasteiger partial charge in [0.2, 0.25) is 0 Å². The van der Waals surface area contributed by atoms with Crippen LogP contribution >= 0.6 is 11.6 Å². The van der Waals surface area contributed by atoms with Gasteiger partial charge in [-0.15, -0.1) is 0 Å². The Morgan fingerprint density at radius 3 is 2.65 bits per heavy atom. The first-order valence-electron chi connectivity index (χ1n) is 9.81. The van der Waals surface area contributed by atoms with Crippen LogP contribution in [-0.4, -0.2) is 10.5 Å². The highest BCUT2D eigenvalue weighted by Gasteiger charge is 2.16. The van der Waals surface area contributed by atoms with E-state index in [2.05, 4.69) is 9.88 Å². The van der Waals surface area contributed by atoms with E-state index in [9.17, 15) is 10.1 Å². The number of hydrogen-bond donors (Lipinski definition) is 1. The molecule has 154 valence electrons. The maximum atomic E-state index is 12.6. The lowest BCUT2D eigenvalue weighted by Gasteiger charge is -2.09. The summed E-state index contributed by atoms with van der Waals surface area (Å²) in [6.07, 6.45) is 3.20. The van der Waals surface area contributed by atoms with Crippen LogP contribution in [0.3, 0.4) is 0 Å². The summed E-state index contributed by atoms with van der Waals surface area (Å²) < 4.78 is 7.41. The quantitative estimate of drug-likeness (QED) is 0.326. The topological polar surface area (TPSA) is 71.0 Å². The number of carbonyl (C=O) groups is 1. The van der Waals surface area contributed by atoms with E-state index in [1.54, 1.807) is 24.5 Å². The largest absolute Gasteiger partial charge is 0.467 e. The molecule has 4 rings (SSSR count).